The summed E-state index contributed by atoms with van der Waals surface area (Å²) >= 11 is 1.68. The summed E-state index contributed by atoms with van der Waals surface area (Å²) in [6.45, 7) is 8.32. The molecule has 1 aromatic rings. The van der Waals surface area contributed by atoms with E-state index in [1.54, 1.807) is 11.8 Å². The number of ether oxygens (including phenoxy) is 3. The van der Waals surface area contributed by atoms with Crippen molar-refractivity contribution in [3.8, 4) is 5.75 Å². The lowest BCUT2D eigenvalue weighted by Crippen LogP contribution is -2.43. The molecule has 0 aromatic heterocycles. The summed E-state index contributed by atoms with van der Waals surface area (Å²) in [6.07, 6.45) is 0.487. The first-order valence-corrected chi connectivity index (χ1v) is 12.8. The van der Waals surface area contributed by atoms with Crippen LogP contribution in [0.3, 0.4) is 0 Å². The smallest absolute Gasteiger partial charge is 0.336 e. The first-order chi connectivity index (χ1) is 16.3. The molecule has 0 radical (unpaired) electrons. The second kappa shape index (κ2) is 11.6. The minimum absolute atomic E-state index is 0.235. The van der Waals surface area contributed by atoms with Crippen molar-refractivity contribution in [2.75, 3.05) is 31.8 Å². The van der Waals surface area contributed by atoms with Gasteiger partial charge in [-0.25, -0.2) is 4.79 Å². The van der Waals surface area contributed by atoms with Gasteiger partial charge in [0.2, 0.25) is 0 Å². The fourth-order valence-electron chi connectivity index (χ4n) is 4.68. The van der Waals surface area contributed by atoms with Crippen LogP contribution in [0.15, 0.2) is 46.8 Å². The molecule has 3 rings (SSSR count). The molecule has 1 aliphatic heterocycles. The van der Waals surface area contributed by atoms with Crippen LogP contribution in [0, 0.1) is 11.8 Å². The molecule has 0 fully saturated rings. The number of hydrogen-bond acceptors (Lipinski definition) is 8. The zero-order valence-electron chi connectivity index (χ0n) is 20.4. The summed E-state index contributed by atoms with van der Waals surface area (Å²) in [7, 11) is 1.29. The van der Waals surface area contributed by atoms with Crippen molar-refractivity contribution in [2.45, 2.75) is 40.0 Å². The van der Waals surface area contributed by atoms with E-state index in [9.17, 15) is 14.4 Å². The normalized spacial score (nSPS) is 22.1. The van der Waals surface area contributed by atoms with Gasteiger partial charge in [-0.3, -0.25) is 9.59 Å². The van der Waals surface area contributed by atoms with E-state index in [1.807, 2.05) is 52.0 Å². The maximum atomic E-state index is 13.8. The molecule has 2 aliphatic rings. The van der Waals surface area contributed by atoms with Crippen LogP contribution in [0.1, 0.15) is 45.6 Å². The highest BCUT2D eigenvalue weighted by Gasteiger charge is 2.47. The number of carbonyl (C=O) groups excluding carboxylic acids is 3. The second-order valence-corrected chi connectivity index (χ2v) is 9.73. The van der Waals surface area contributed by atoms with Crippen LogP contribution in [0.4, 0.5) is 0 Å². The van der Waals surface area contributed by atoms with Crippen molar-refractivity contribution >= 4 is 29.5 Å². The Kier molecular flexibility index (Phi) is 8.83. The maximum Gasteiger partial charge on any atom is 0.336 e. The molecule has 0 saturated heterocycles. The molecule has 8 heteroatoms. The molecule has 0 amide bonds. The molecule has 0 bridgehead atoms. The highest BCUT2D eigenvalue weighted by molar-refractivity contribution is 7.99. The number of carbonyl (C=O) groups is 3. The number of esters is 2. The highest BCUT2D eigenvalue weighted by atomic mass is 32.2. The van der Waals surface area contributed by atoms with E-state index in [0.29, 0.717) is 46.9 Å². The van der Waals surface area contributed by atoms with Crippen LogP contribution >= 0.6 is 11.8 Å². The Hall–Kier alpha value is -2.74. The minimum atomic E-state index is -0.927. The molecule has 1 heterocycles. The number of benzene rings is 1. The Bertz CT molecular complexity index is 1010. The van der Waals surface area contributed by atoms with Crippen LogP contribution in [0.2, 0.25) is 0 Å². The number of para-hydroxylation sites is 1. The molecule has 1 aliphatic carbocycles. The minimum Gasteiger partial charge on any atom is -0.494 e. The molecule has 184 valence electrons. The van der Waals surface area contributed by atoms with Crippen molar-refractivity contribution in [1.29, 1.82) is 0 Å². The largest absolute Gasteiger partial charge is 0.494 e. The zero-order valence-corrected chi connectivity index (χ0v) is 21.3. The van der Waals surface area contributed by atoms with Crippen LogP contribution in [-0.4, -0.2) is 49.6 Å². The van der Waals surface area contributed by atoms with E-state index < -0.39 is 23.8 Å². The Labute approximate surface area is 205 Å². The third-order valence-corrected chi connectivity index (χ3v) is 7.02. The molecule has 0 spiro atoms. The monoisotopic (exact) mass is 487 g/mol. The predicted molar refractivity (Wildman–Crippen MR) is 131 cm³/mol. The van der Waals surface area contributed by atoms with Gasteiger partial charge in [-0.1, -0.05) is 32.0 Å². The highest BCUT2D eigenvalue weighted by Crippen LogP contribution is 2.47. The SMILES string of the molecule is CCOc1ccccc1[C@@H]1C(C(=O)OCCSCC)=C(C)NC2=C1C(=O)[C@@H](C(=O)OC)[C@H](C)C2. The van der Waals surface area contributed by atoms with Crippen molar-refractivity contribution in [3.05, 3.63) is 52.4 Å². The lowest BCUT2D eigenvalue weighted by molar-refractivity contribution is -0.151. The fraction of sp³-hybridized carbons (Fsp3) is 0.500. The number of hydrogen-bond donors (Lipinski definition) is 1. The molecule has 34 heavy (non-hydrogen) atoms. The lowest BCUT2D eigenvalue weighted by atomic mass is 9.69. The van der Waals surface area contributed by atoms with Gasteiger partial charge in [-0.05, 0) is 38.0 Å². The summed E-state index contributed by atoms with van der Waals surface area (Å²) in [5.74, 6) is -1.03. The van der Waals surface area contributed by atoms with Gasteiger partial charge >= 0.3 is 11.9 Å². The number of nitrogens with one attached hydrogen (secondary N) is 1. The average Bonchev–Trinajstić information content (AvgIpc) is 2.81. The summed E-state index contributed by atoms with van der Waals surface area (Å²) in [6, 6.07) is 7.38. The fourth-order valence-corrected chi connectivity index (χ4v) is 5.17. The second-order valence-electron chi connectivity index (χ2n) is 8.34. The number of thioether (sulfide) groups is 1. The van der Waals surface area contributed by atoms with Crippen molar-refractivity contribution < 1.29 is 28.6 Å². The molecule has 1 N–H and O–H groups in total. The Morgan fingerprint density at radius 2 is 1.94 bits per heavy atom. The van der Waals surface area contributed by atoms with Crippen LogP contribution in [0.25, 0.3) is 0 Å². The molecular weight excluding hydrogens is 454 g/mol. The summed E-state index contributed by atoms with van der Waals surface area (Å²) in [5, 5.41) is 3.28. The third kappa shape index (κ3) is 5.17. The molecular formula is C26H33NO6S. The van der Waals surface area contributed by atoms with Gasteiger partial charge in [0, 0.05) is 28.3 Å². The standard InChI is InChI=1S/C26H33NO6S/c1-6-32-19-11-9-8-10-17(19)22-21(26(30)33-12-13-34-7-2)16(4)27-18-14-15(3)20(25(29)31-5)24(28)23(18)22/h8-11,15,20,22,27H,6-7,12-14H2,1-5H3/t15-,20+,22-/m1/s1. The molecule has 0 unspecified atom stereocenters. The molecule has 0 saturated carbocycles. The van der Waals surface area contributed by atoms with Crippen LogP contribution in [-0.2, 0) is 23.9 Å². The average molecular weight is 488 g/mol. The molecule has 7 nitrogen and oxygen atoms in total. The number of dihydropyridines is 1. The van der Waals surface area contributed by atoms with Crippen LogP contribution < -0.4 is 10.1 Å². The van der Waals surface area contributed by atoms with E-state index >= 15 is 0 Å². The molecule has 1 aromatic carbocycles. The number of Topliss-reactive ketones (excluding diaryl/α,β-unsaturated/α-hetero) is 1. The van der Waals surface area contributed by atoms with Gasteiger partial charge in [0.15, 0.2) is 5.78 Å². The lowest BCUT2D eigenvalue weighted by Gasteiger charge is -2.38. The first-order valence-electron chi connectivity index (χ1n) is 11.6. The van der Waals surface area contributed by atoms with E-state index in [2.05, 4.69) is 5.32 Å². The van der Waals surface area contributed by atoms with Gasteiger partial charge in [0.25, 0.3) is 0 Å². The van der Waals surface area contributed by atoms with Crippen molar-refractivity contribution in [3.63, 3.8) is 0 Å². The maximum absolute atomic E-state index is 13.8. The topological polar surface area (TPSA) is 90.9 Å². The summed E-state index contributed by atoms with van der Waals surface area (Å²) < 4.78 is 16.4. The number of allylic oxidation sites excluding steroid dienone is 3. The summed E-state index contributed by atoms with van der Waals surface area (Å²) in [4.78, 5) is 39.7. The summed E-state index contributed by atoms with van der Waals surface area (Å²) in [5.41, 5.74) is 2.82. The Morgan fingerprint density at radius 1 is 1.21 bits per heavy atom. The van der Waals surface area contributed by atoms with E-state index in [4.69, 9.17) is 14.2 Å². The number of ketones is 1. The van der Waals surface area contributed by atoms with Crippen LogP contribution in [0.5, 0.6) is 5.75 Å². The number of methoxy groups -OCH3 is 1. The van der Waals surface area contributed by atoms with Gasteiger partial charge in [0.05, 0.1) is 25.2 Å². The van der Waals surface area contributed by atoms with Crippen molar-refractivity contribution in [2.24, 2.45) is 11.8 Å². The van der Waals surface area contributed by atoms with Gasteiger partial charge in [-0.2, -0.15) is 11.8 Å². The third-order valence-electron chi connectivity index (χ3n) is 6.16. The van der Waals surface area contributed by atoms with E-state index in [-0.39, 0.29) is 18.3 Å². The number of rotatable bonds is 9. The van der Waals surface area contributed by atoms with E-state index in [1.165, 1.54) is 7.11 Å². The zero-order chi connectivity index (χ0) is 24.8. The Balaban J connectivity index is 2.13. The van der Waals surface area contributed by atoms with Gasteiger partial charge in [0.1, 0.15) is 18.3 Å². The van der Waals surface area contributed by atoms with Gasteiger partial charge < -0.3 is 19.5 Å². The van der Waals surface area contributed by atoms with Gasteiger partial charge in [-0.15, -0.1) is 0 Å². The quantitative estimate of drug-likeness (QED) is 0.318. The predicted octanol–water partition coefficient (Wildman–Crippen LogP) is 3.99. The molecule has 3 atom stereocenters. The Morgan fingerprint density at radius 3 is 2.62 bits per heavy atom. The first kappa shape index (κ1) is 25.9. The van der Waals surface area contributed by atoms with Crippen molar-refractivity contribution in [1.82, 2.24) is 5.32 Å². The van der Waals surface area contributed by atoms with E-state index in [0.717, 1.165) is 11.4 Å².